The smallest absolute Gasteiger partial charge is 0.130 e. The first kappa shape index (κ1) is 14.0. The Balaban J connectivity index is 2.12. The lowest BCUT2D eigenvalue weighted by molar-refractivity contribution is 0.206. The maximum absolute atomic E-state index is 4.37. The highest BCUT2D eigenvalue weighted by Crippen LogP contribution is 2.19. The molecule has 0 amide bonds. The first-order chi connectivity index (χ1) is 9.20. The fourth-order valence-electron chi connectivity index (χ4n) is 2.03. The zero-order chi connectivity index (χ0) is 13.7. The minimum absolute atomic E-state index is 0.506. The SMILES string of the molecule is CNc1ncccc1CN(Cc1cccs1)C(C)C. The monoisotopic (exact) mass is 275 g/mol. The van der Waals surface area contributed by atoms with E-state index in [4.69, 9.17) is 0 Å². The van der Waals surface area contributed by atoms with Gasteiger partial charge in [-0.15, -0.1) is 11.3 Å². The van der Waals surface area contributed by atoms with Gasteiger partial charge < -0.3 is 5.32 Å². The third kappa shape index (κ3) is 3.78. The van der Waals surface area contributed by atoms with Crippen molar-refractivity contribution in [1.29, 1.82) is 0 Å². The van der Waals surface area contributed by atoms with Crippen molar-refractivity contribution >= 4 is 17.2 Å². The summed E-state index contributed by atoms with van der Waals surface area (Å²) in [5, 5.41) is 5.30. The molecule has 0 saturated carbocycles. The Kier molecular flexibility index (Phi) is 4.93. The molecule has 0 bridgehead atoms. The fourth-order valence-corrected chi connectivity index (χ4v) is 2.76. The van der Waals surface area contributed by atoms with Crippen LogP contribution < -0.4 is 5.32 Å². The minimum atomic E-state index is 0.506. The number of thiophene rings is 1. The predicted molar refractivity (Wildman–Crippen MR) is 82.5 cm³/mol. The van der Waals surface area contributed by atoms with Crippen molar-refractivity contribution in [3.63, 3.8) is 0 Å². The number of hydrogen-bond donors (Lipinski definition) is 1. The summed E-state index contributed by atoms with van der Waals surface area (Å²) in [6.45, 7) is 6.39. The largest absolute Gasteiger partial charge is 0.373 e. The molecule has 0 spiro atoms. The van der Waals surface area contributed by atoms with Crippen molar-refractivity contribution in [3.8, 4) is 0 Å². The van der Waals surface area contributed by atoms with Gasteiger partial charge in [0.2, 0.25) is 0 Å². The van der Waals surface area contributed by atoms with Crippen LogP contribution in [0.1, 0.15) is 24.3 Å². The third-order valence-electron chi connectivity index (χ3n) is 3.17. The quantitative estimate of drug-likeness (QED) is 0.873. The van der Waals surface area contributed by atoms with Crippen LogP contribution in [-0.4, -0.2) is 23.0 Å². The average molecular weight is 275 g/mol. The van der Waals surface area contributed by atoms with Crippen LogP contribution >= 0.6 is 11.3 Å². The lowest BCUT2D eigenvalue weighted by Gasteiger charge is -2.26. The van der Waals surface area contributed by atoms with Crippen LogP contribution in [-0.2, 0) is 13.1 Å². The molecule has 0 radical (unpaired) electrons. The fraction of sp³-hybridized carbons (Fsp3) is 0.400. The molecule has 0 saturated heterocycles. The van der Waals surface area contributed by atoms with Crippen molar-refractivity contribution in [3.05, 3.63) is 46.3 Å². The number of anilines is 1. The molecule has 0 unspecified atom stereocenters. The number of hydrogen-bond acceptors (Lipinski definition) is 4. The summed E-state index contributed by atoms with van der Waals surface area (Å²) in [5.41, 5.74) is 1.25. The third-order valence-corrected chi connectivity index (χ3v) is 4.03. The van der Waals surface area contributed by atoms with Crippen LogP contribution in [0.25, 0.3) is 0 Å². The van der Waals surface area contributed by atoms with Crippen molar-refractivity contribution in [2.24, 2.45) is 0 Å². The second-order valence-corrected chi connectivity index (χ2v) is 5.87. The van der Waals surface area contributed by atoms with Gasteiger partial charge in [0.15, 0.2) is 0 Å². The topological polar surface area (TPSA) is 28.2 Å². The standard InChI is InChI=1S/C15H21N3S/c1-12(2)18(11-14-7-5-9-19-14)10-13-6-4-8-17-15(13)16-3/h4-9,12H,10-11H2,1-3H3,(H,16,17). The van der Waals surface area contributed by atoms with E-state index >= 15 is 0 Å². The molecule has 0 aromatic carbocycles. The Bertz CT molecular complexity index is 494. The molecule has 2 heterocycles. The van der Waals surface area contributed by atoms with Crippen molar-refractivity contribution in [2.75, 3.05) is 12.4 Å². The molecule has 0 atom stereocenters. The average Bonchev–Trinajstić information content (AvgIpc) is 2.91. The van der Waals surface area contributed by atoms with Gasteiger partial charge in [0.05, 0.1) is 0 Å². The summed E-state index contributed by atoms with van der Waals surface area (Å²) < 4.78 is 0. The zero-order valence-electron chi connectivity index (χ0n) is 11.8. The summed E-state index contributed by atoms with van der Waals surface area (Å²) in [5.74, 6) is 0.972. The lowest BCUT2D eigenvalue weighted by atomic mass is 10.2. The zero-order valence-corrected chi connectivity index (χ0v) is 12.6. The highest BCUT2D eigenvalue weighted by molar-refractivity contribution is 7.09. The normalized spacial score (nSPS) is 11.2. The minimum Gasteiger partial charge on any atom is -0.373 e. The maximum atomic E-state index is 4.37. The van der Waals surface area contributed by atoms with Crippen molar-refractivity contribution in [2.45, 2.75) is 33.0 Å². The maximum Gasteiger partial charge on any atom is 0.130 e. The van der Waals surface area contributed by atoms with Crippen molar-refractivity contribution < 1.29 is 0 Å². The first-order valence-electron chi connectivity index (χ1n) is 6.58. The molecule has 19 heavy (non-hydrogen) atoms. The Hall–Kier alpha value is -1.39. The van der Waals surface area contributed by atoms with E-state index in [0.717, 1.165) is 18.9 Å². The number of nitrogens with one attached hydrogen (secondary N) is 1. The summed E-state index contributed by atoms with van der Waals surface area (Å²) in [4.78, 5) is 8.24. The molecule has 0 fully saturated rings. The summed E-state index contributed by atoms with van der Waals surface area (Å²) in [6.07, 6.45) is 1.83. The van der Waals surface area contributed by atoms with E-state index in [0.29, 0.717) is 6.04 Å². The molecule has 2 aromatic rings. The summed E-state index contributed by atoms with van der Waals surface area (Å²) in [7, 11) is 1.92. The molecular formula is C15H21N3S. The van der Waals surface area contributed by atoms with Gasteiger partial charge in [0, 0.05) is 42.8 Å². The molecule has 3 nitrogen and oxygen atoms in total. The molecule has 2 aromatic heterocycles. The summed E-state index contributed by atoms with van der Waals surface area (Å²) >= 11 is 1.82. The van der Waals surface area contributed by atoms with E-state index in [2.05, 4.69) is 52.6 Å². The van der Waals surface area contributed by atoms with Crippen LogP contribution in [0.5, 0.6) is 0 Å². The van der Waals surface area contributed by atoms with Gasteiger partial charge in [0.1, 0.15) is 5.82 Å². The summed E-state index contributed by atoms with van der Waals surface area (Å²) in [6, 6.07) is 8.96. The first-order valence-corrected chi connectivity index (χ1v) is 7.46. The van der Waals surface area contributed by atoms with E-state index in [9.17, 15) is 0 Å². The van der Waals surface area contributed by atoms with Crippen molar-refractivity contribution in [1.82, 2.24) is 9.88 Å². The van der Waals surface area contributed by atoms with Gasteiger partial charge in [-0.25, -0.2) is 4.98 Å². The molecule has 0 aliphatic heterocycles. The Labute approximate surface area is 119 Å². The number of aromatic nitrogens is 1. The van der Waals surface area contributed by atoms with Crippen LogP contribution in [0, 0.1) is 0 Å². The molecule has 4 heteroatoms. The van der Waals surface area contributed by atoms with Gasteiger partial charge in [0.25, 0.3) is 0 Å². The lowest BCUT2D eigenvalue weighted by Crippen LogP contribution is -2.29. The number of pyridine rings is 1. The highest BCUT2D eigenvalue weighted by Gasteiger charge is 2.13. The Morgan fingerprint density at radius 2 is 2.11 bits per heavy atom. The molecule has 0 aliphatic rings. The second kappa shape index (κ2) is 6.68. The van der Waals surface area contributed by atoms with E-state index in [-0.39, 0.29) is 0 Å². The number of rotatable bonds is 6. The van der Waals surface area contributed by atoms with Gasteiger partial charge in [-0.3, -0.25) is 4.90 Å². The van der Waals surface area contributed by atoms with Gasteiger partial charge in [-0.05, 0) is 31.4 Å². The van der Waals surface area contributed by atoms with E-state index in [1.165, 1.54) is 10.4 Å². The van der Waals surface area contributed by atoms with Crippen LogP contribution in [0.15, 0.2) is 35.8 Å². The van der Waals surface area contributed by atoms with Gasteiger partial charge in [-0.2, -0.15) is 0 Å². The van der Waals surface area contributed by atoms with Crippen LogP contribution in [0.3, 0.4) is 0 Å². The van der Waals surface area contributed by atoms with E-state index in [1.807, 2.05) is 30.6 Å². The van der Waals surface area contributed by atoms with Gasteiger partial charge in [-0.1, -0.05) is 12.1 Å². The molecule has 2 rings (SSSR count). The second-order valence-electron chi connectivity index (χ2n) is 4.84. The molecule has 102 valence electrons. The molecule has 1 N–H and O–H groups in total. The van der Waals surface area contributed by atoms with Crippen LogP contribution in [0.4, 0.5) is 5.82 Å². The van der Waals surface area contributed by atoms with E-state index in [1.54, 1.807) is 0 Å². The highest BCUT2D eigenvalue weighted by atomic mass is 32.1. The number of nitrogens with zero attached hydrogens (tertiary/aromatic N) is 2. The Morgan fingerprint density at radius 1 is 1.26 bits per heavy atom. The van der Waals surface area contributed by atoms with Gasteiger partial charge >= 0.3 is 0 Å². The predicted octanol–water partition coefficient (Wildman–Crippen LogP) is 3.60. The molecular weight excluding hydrogens is 254 g/mol. The van der Waals surface area contributed by atoms with Crippen LogP contribution in [0.2, 0.25) is 0 Å². The molecule has 0 aliphatic carbocycles. The van der Waals surface area contributed by atoms with E-state index < -0.39 is 0 Å². The Morgan fingerprint density at radius 3 is 2.74 bits per heavy atom.